The molecular weight excluding hydrogens is 324 g/mol. The molecule has 0 rings (SSSR count). The fourth-order valence-electron chi connectivity index (χ4n) is 1.82. The first-order valence-corrected chi connectivity index (χ1v) is 8.37. The molecule has 0 aromatic rings. The van der Waals surface area contributed by atoms with Gasteiger partial charge in [0.2, 0.25) is 0 Å². The van der Waals surface area contributed by atoms with Gasteiger partial charge in [-0.3, -0.25) is 0 Å². The highest BCUT2D eigenvalue weighted by Gasteiger charge is 2.22. The average Bonchev–Trinajstić information content (AvgIpc) is 2.47. The molecule has 0 aliphatic carbocycles. The normalized spacial score (nSPS) is 12.4. The van der Waals surface area contributed by atoms with Gasteiger partial charge in [0.1, 0.15) is 12.7 Å². The molecule has 0 saturated heterocycles. The lowest BCUT2D eigenvalue weighted by Crippen LogP contribution is -2.29. The van der Waals surface area contributed by atoms with Gasteiger partial charge in [-0.05, 0) is 25.7 Å². The fourth-order valence-corrected chi connectivity index (χ4v) is 1.82. The molecule has 0 saturated carbocycles. The number of ether oxygens (including phenoxy) is 4. The van der Waals surface area contributed by atoms with E-state index in [0.717, 1.165) is 0 Å². The van der Waals surface area contributed by atoms with Gasteiger partial charge >= 0.3 is 11.9 Å². The van der Waals surface area contributed by atoms with Crippen molar-refractivity contribution < 1.29 is 28.5 Å². The van der Waals surface area contributed by atoms with Crippen LogP contribution in [0.2, 0.25) is 0 Å². The fraction of sp³-hybridized carbons (Fsp3) is 0.684. The van der Waals surface area contributed by atoms with Crippen molar-refractivity contribution in [3.8, 4) is 0 Å². The van der Waals surface area contributed by atoms with E-state index in [2.05, 4.69) is 33.9 Å². The molecule has 1 unspecified atom stereocenters. The highest BCUT2D eigenvalue weighted by atomic mass is 16.6. The summed E-state index contributed by atoms with van der Waals surface area (Å²) in [6.45, 7) is 18.0. The minimum atomic E-state index is -0.427. The Balaban J connectivity index is 3.98. The summed E-state index contributed by atoms with van der Waals surface area (Å²) in [7, 11) is 0. The minimum absolute atomic E-state index is 0.00699. The maximum absolute atomic E-state index is 11.7. The zero-order valence-electron chi connectivity index (χ0n) is 16.2. The second-order valence-corrected chi connectivity index (χ2v) is 7.18. The van der Waals surface area contributed by atoms with Crippen molar-refractivity contribution in [3.05, 3.63) is 24.3 Å². The molecule has 25 heavy (non-hydrogen) atoms. The van der Waals surface area contributed by atoms with E-state index in [9.17, 15) is 9.59 Å². The maximum atomic E-state index is 11.7. The van der Waals surface area contributed by atoms with E-state index in [1.165, 1.54) is 0 Å². The van der Waals surface area contributed by atoms with Crippen molar-refractivity contribution in [3.63, 3.8) is 0 Å². The Labute approximate surface area is 151 Å². The van der Waals surface area contributed by atoms with Crippen LogP contribution in [-0.2, 0) is 28.5 Å². The summed E-state index contributed by atoms with van der Waals surface area (Å²) in [5.41, 5.74) is 0.733. The van der Waals surface area contributed by atoms with Crippen molar-refractivity contribution in [1.82, 2.24) is 0 Å². The Hall–Kier alpha value is -1.66. The van der Waals surface area contributed by atoms with Crippen LogP contribution in [0.4, 0.5) is 0 Å². The first kappa shape index (κ1) is 23.3. The molecule has 0 fully saturated rings. The van der Waals surface area contributed by atoms with Crippen LogP contribution in [0.15, 0.2) is 24.3 Å². The van der Waals surface area contributed by atoms with Gasteiger partial charge in [0.15, 0.2) is 0 Å². The van der Waals surface area contributed by atoms with E-state index >= 15 is 0 Å². The van der Waals surface area contributed by atoms with Gasteiger partial charge in [-0.2, -0.15) is 0 Å². The third-order valence-corrected chi connectivity index (χ3v) is 2.95. The van der Waals surface area contributed by atoms with Crippen LogP contribution in [0, 0.1) is 5.41 Å². The van der Waals surface area contributed by atoms with Crippen LogP contribution in [0.25, 0.3) is 0 Å². The summed E-state index contributed by atoms with van der Waals surface area (Å²) in [6, 6.07) is 0. The number of hydrogen-bond acceptors (Lipinski definition) is 6. The molecule has 0 heterocycles. The minimum Gasteiger partial charge on any atom is -0.460 e. The highest BCUT2D eigenvalue weighted by Crippen LogP contribution is 2.23. The standard InChI is InChI=1S/C19H32O6/c1-14(2)17(20)24-11-10-22-8-9-23-13-16(12-19(5,6)7)25-18(21)15(3)4/h16H,1,3,8-13H2,2,4-7H3. The quantitative estimate of drug-likeness (QED) is 0.304. The molecule has 0 aliphatic heterocycles. The van der Waals surface area contributed by atoms with Crippen molar-refractivity contribution in [1.29, 1.82) is 0 Å². The Morgan fingerprint density at radius 3 is 1.92 bits per heavy atom. The van der Waals surface area contributed by atoms with E-state index in [-0.39, 0.29) is 18.1 Å². The number of carbonyl (C=O) groups is 2. The van der Waals surface area contributed by atoms with Crippen molar-refractivity contribution in [2.24, 2.45) is 5.41 Å². The first-order valence-electron chi connectivity index (χ1n) is 8.37. The van der Waals surface area contributed by atoms with Gasteiger partial charge in [0.05, 0.1) is 26.4 Å². The Bertz CT molecular complexity index is 461. The van der Waals surface area contributed by atoms with Gasteiger partial charge in [-0.15, -0.1) is 0 Å². The zero-order chi connectivity index (χ0) is 19.5. The summed E-state index contributed by atoms with van der Waals surface area (Å²) in [5, 5.41) is 0. The third kappa shape index (κ3) is 13.3. The molecule has 6 heteroatoms. The molecule has 6 nitrogen and oxygen atoms in total. The lowest BCUT2D eigenvalue weighted by Gasteiger charge is -2.26. The molecule has 0 spiro atoms. The molecule has 0 aromatic carbocycles. The van der Waals surface area contributed by atoms with Crippen LogP contribution in [0.3, 0.4) is 0 Å². The summed E-state index contributed by atoms with van der Waals surface area (Å²) in [5.74, 6) is -0.836. The maximum Gasteiger partial charge on any atom is 0.333 e. The molecule has 0 bridgehead atoms. The van der Waals surface area contributed by atoms with Crippen LogP contribution >= 0.6 is 0 Å². The van der Waals surface area contributed by atoms with Gasteiger partial charge in [-0.25, -0.2) is 9.59 Å². The van der Waals surface area contributed by atoms with Gasteiger partial charge in [-0.1, -0.05) is 33.9 Å². The Morgan fingerprint density at radius 2 is 1.40 bits per heavy atom. The SMILES string of the molecule is C=C(C)C(=O)OCCOCCOCC(CC(C)(C)C)OC(=O)C(=C)C. The van der Waals surface area contributed by atoms with Crippen molar-refractivity contribution >= 4 is 11.9 Å². The second kappa shape index (κ2) is 11.8. The number of carbonyl (C=O) groups excluding carboxylic acids is 2. The van der Waals surface area contributed by atoms with E-state index in [0.29, 0.717) is 44.0 Å². The first-order chi connectivity index (χ1) is 11.5. The zero-order valence-corrected chi connectivity index (χ0v) is 16.2. The Kier molecular flexibility index (Phi) is 11.0. The average molecular weight is 356 g/mol. The molecule has 0 amide bonds. The van der Waals surface area contributed by atoms with Gasteiger partial charge in [0.25, 0.3) is 0 Å². The lowest BCUT2D eigenvalue weighted by atomic mass is 9.89. The van der Waals surface area contributed by atoms with Crippen molar-refractivity contribution in [2.75, 3.05) is 33.0 Å². The van der Waals surface area contributed by atoms with E-state index in [1.807, 2.05) is 0 Å². The summed E-state index contributed by atoms with van der Waals surface area (Å²) < 4.78 is 21.2. The van der Waals surface area contributed by atoms with E-state index < -0.39 is 11.9 Å². The molecule has 0 aliphatic rings. The summed E-state index contributed by atoms with van der Waals surface area (Å²) in [4.78, 5) is 22.9. The molecule has 0 aromatic heterocycles. The van der Waals surface area contributed by atoms with Crippen molar-refractivity contribution in [2.45, 2.75) is 47.1 Å². The monoisotopic (exact) mass is 356 g/mol. The van der Waals surface area contributed by atoms with Crippen LogP contribution in [0.1, 0.15) is 41.0 Å². The largest absolute Gasteiger partial charge is 0.460 e. The Morgan fingerprint density at radius 1 is 0.880 bits per heavy atom. The third-order valence-electron chi connectivity index (χ3n) is 2.95. The van der Waals surface area contributed by atoms with E-state index in [1.54, 1.807) is 13.8 Å². The number of rotatable bonds is 12. The molecule has 1 atom stereocenters. The molecule has 144 valence electrons. The predicted octanol–water partition coefficient (Wildman–Crippen LogP) is 3.06. The van der Waals surface area contributed by atoms with Gasteiger partial charge in [0, 0.05) is 11.1 Å². The molecular formula is C19H32O6. The lowest BCUT2D eigenvalue weighted by molar-refractivity contribution is -0.149. The van der Waals surface area contributed by atoms with Crippen LogP contribution < -0.4 is 0 Å². The number of esters is 2. The van der Waals surface area contributed by atoms with Gasteiger partial charge < -0.3 is 18.9 Å². The van der Waals surface area contributed by atoms with Crippen LogP contribution in [-0.4, -0.2) is 51.1 Å². The summed E-state index contributed by atoms with van der Waals surface area (Å²) >= 11 is 0. The second-order valence-electron chi connectivity index (χ2n) is 7.18. The smallest absolute Gasteiger partial charge is 0.333 e. The predicted molar refractivity (Wildman–Crippen MR) is 96.2 cm³/mol. The highest BCUT2D eigenvalue weighted by molar-refractivity contribution is 5.87. The van der Waals surface area contributed by atoms with Crippen LogP contribution in [0.5, 0.6) is 0 Å². The number of hydrogen-bond donors (Lipinski definition) is 0. The topological polar surface area (TPSA) is 71.1 Å². The summed E-state index contributed by atoms with van der Waals surface area (Å²) in [6.07, 6.45) is 0.352. The molecule has 0 N–H and O–H groups in total. The van der Waals surface area contributed by atoms with E-state index in [4.69, 9.17) is 18.9 Å². The molecule has 0 radical (unpaired) electrons.